The lowest BCUT2D eigenvalue weighted by Gasteiger charge is -2.04. The molecule has 0 unspecified atom stereocenters. The van der Waals surface area contributed by atoms with Gasteiger partial charge in [-0.1, -0.05) is 11.6 Å². The van der Waals surface area contributed by atoms with Crippen LogP contribution in [0, 0.1) is 3.57 Å². The van der Waals surface area contributed by atoms with Crippen LogP contribution in [-0.4, -0.2) is 16.1 Å². The molecule has 1 heterocycles. The van der Waals surface area contributed by atoms with E-state index in [0.717, 1.165) is 6.07 Å². The Balaban J connectivity index is 3.35. The molecule has 0 aliphatic heterocycles. The van der Waals surface area contributed by atoms with E-state index in [2.05, 4.69) is 4.98 Å². The van der Waals surface area contributed by atoms with E-state index in [1.807, 2.05) is 0 Å². The maximum absolute atomic E-state index is 12.2. The Hall–Kier alpha value is -0.500. The van der Waals surface area contributed by atoms with Crippen LogP contribution in [0.25, 0.3) is 0 Å². The van der Waals surface area contributed by atoms with Gasteiger partial charge in [0.05, 0.1) is 5.02 Å². The predicted molar refractivity (Wildman–Crippen MR) is 53.9 cm³/mol. The first-order valence-electron chi connectivity index (χ1n) is 3.31. The van der Waals surface area contributed by atoms with Crippen LogP contribution in [0.2, 0.25) is 5.02 Å². The van der Waals surface area contributed by atoms with Crippen LogP contribution >= 0.6 is 34.2 Å². The first kappa shape index (κ1) is 11.6. The number of carbonyl (C=O) groups is 1. The number of alkyl halides is 2. The summed E-state index contributed by atoms with van der Waals surface area (Å²) >= 11 is 7.24. The van der Waals surface area contributed by atoms with E-state index in [1.165, 1.54) is 0 Å². The lowest BCUT2D eigenvalue weighted by molar-refractivity contribution is 0.0689. The van der Waals surface area contributed by atoms with Gasteiger partial charge >= 0.3 is 5.97 Å². The molecule has 0 bridgehead atoms. The van der Waals surface area contributed by atoms with Gasteiger partial charge in [-0.15, -0.1) is 0 Å². The normalized spacial score (nSPS) is 10.6. The van der Waals surface area contributed by atoms with Crippen molar-refractivity contribution < 1.29 is 18.7 Å². The monoisotopic (exact) mass is 333 g/mol. The minimum atomic E-state index is -2.81. The average Bonchev–Trinajstić information content (AvgIpc) is 2.08. The summed E-state index contributed by atoms with van der Waals surface area (Å²) in [4.78, 5) is 13.8. The molecule has 76 valence electrons. The number of carboxylic acids is 1. The van der Waals surface area contributed by atoms with Crippen molar-refractivity contribution >= 4 is 40.2 Å². The predicted octanol–water partition coefficient (Wildman–Crippen LogP) is 2.98. The van der Waals surface area contributed by atoms with E-state index in [4.69, 9.17) is 16.7 Å². The zero-order valence-electron chi connectivity index (χ0n) is 6.47. The minimum Gasteiger partial charge on any atom is -0.476 e. The molecule has 0 saturated heterocycles. The second kappa shape index (κ2) is 4.35. The highest BCUT2D eigenvalue weighted by Crippen LogP contribution is 2.26. The second-order valence-electron chi connectivity index (χ2n) is 2.30. The summed E-state index contributed by atoms with van der Waals surface area (Å²) in [6.45, 7) is 0. The Labute approximate surface area is 96.2 Å². The van der Waals surface area contributed by atoms with E-state index in [1.54, 1.807) is 22.6 Å². The number of aromatic carboxylic acids is 1. The van der Waals surface area contributed by atoms with Crippen LogP contribution in [0.1, 0.15) is 22.6 Å². The Bertz CT molecular complexity index is 386. The molecule has 7 heteroatoms. The van der Waals surface area contributed by atoms with Crippen LogP contribution in [0.15, 0.2) is 6.07 Å². The van der Waals surface area contributed by atoms with E-state index in [-0.39, 0.29) is 8.59 Å². The topological polar surface area (TPSA) is 50.2 Å². The minimum absolute atomic E-state index is 0.123. The summed E-state index contributed by atoms with van der Waals surface area (Å²) in [5, 5.41) is 8.48. The molecule has 0 aliphatic rings. The maximum atomic E-state index is 12.2. The Morgan fingerprint density at radius 1 is 1.64 bits per heavy atom. The molecule has 1 aromatic heterocycles. The van der Waals surface area contributed by atoms with Gasteiger partial charge in [-0.3, -0.25) is 0 Å². The average molecular weight is 333 g/mol. The van der Waals surface area contributed by atoms with Gasteiger partial charge in [0.1, 0.15) is 5.69 Å². The molecule has 0 saturated carbocycles. The van der Waals surface area contributed by atoms with Gasteiger partial charge in [0.2, 0.25) is 0 Å². The molecule has 1 aromatic rings. The molecule has 0 aromatic carbocycles. The number of hydrogen-bond acceptors (Lipinski definition) is 2. The van der Waals surface area contributed by atoms with Crippen LogP contribution in [0.5, 0.6) is 0 Å². The summed E-state index contributed by atoms with van der Waals surface area (Å²) in [7, 11) is 0. The van der Waals surface area contributed by atoms with Crippen LogP contribution in [0.3, 0.4) is 0 Å². The zero-order chi connectivity index (χ0) is 10.9. The molecular weight excluding hydrogens is 330 g/mol. The molecule has 0 spiro atoms. The number of pyridine rings is 1. The number of carboxylic acid groups (broad SMARTS) is 1. The Morgan fingerprint density at radius 2 is 2.21 bits per heavy atom. The van der Waals surface area contributed by atoms with Gasteiger partial charge in [-0.25, -0.2) is 18.6 Å². The molecule has 14 heavy (non-hydrogen) atoms. The summed E-state index contributed by atoms with van der Waals surface area (Å²) in [6.07, 6.45) is -2.81. The second-order valence-corrected chi connectivity index (χ2v) is 3.84. The largest absolute Gasteiger partial charge is 0.476 e. The van der Waals surface area contributed by atoms with E-state index >= 15 is 0 Å². The van der Waals surface area contributed by atoms with Crippen molar-refractivity contribution in [2.24, 2.45) is 0 Å². The number of halogens is 4. The smallest absolute Gasteiger partial charge is 0.356 e. The van der Waals surface area contributed by atoms with Crippen molar-refractivity contribution in [1.82, 2.24) is 4.98 Å². The summed E-state index contributed by atoms with van der Waals surface area (Å²) < 4.78 is 24.7. The fraction of sp³-hybridized carbons (Fsp3) is 0.143. The SMILES string of the molecule is O=C(O)c1nc(C(F)F)cc(I)c1Cl. The van der Waals surface area contributed by atoms with Gasteiger partial charge in [0, 0.05) is 3.57 Å². The van der Waals surface area contributed by atoms with Crippen molar-refractivity contribution in [3.63, 3.8) is 0 Å². The summed E-state index contributed by atoms with van der Waals surface area (Å²) in [5.74, 6) is -1.42. The van der Waals surface area contributed by atoms with E-state index < -0.39 is 23.8 Å². The zero-order valence-corrected chi connectivity index (χ0v) is 9.38. The van der Waals surface area contributed by atoms with E-state index in [9.17, 15) is 13.6 Å². The lowest BCUT2D eigenvalue weighted by Crippen LogP contribution is -2.06. The Morgan fingerprint density at radius 3 is 2.64 bits per heavy atom. The van der Waals surface area contributed by atoms with Crippen molar-refractivity contribution in [2.75, 3.05) is 0 Å². The standard InChI is InChI=1S/C7H3ClF2INO2/c8-4-2(11)1-3(6(9)10)12-5(4)7(13)14/h1,6H,(H,13,14). The Kier molecular flexibility index (Phi) is 3.59. The van der Waals surface area contributed by atoms with Crippen molar-refractivity contribution in [3.05, 3.63) is 26.0 Å². The van der Waals surface area contributed by atoms with Gasteiger partial charge in [-0.2, -0.15) is 0 Å². The quantitative estimate of drug-likeness (QED) is 0.847. The molecule has 1 N–H and O–H groups in total. The lowest BCUT2D eigenvalue weighted by atomic mass is 10.3. The van der Waals surface area contributed by atoms with Crippen molar-refractivity contribution in [1.29, 1.82) is 0 Å². The first-order chi connectivity index (χ1) is 6.43. The molecule has 3 nitrogen and oxygen atoms in total. The highest BCUT2D eigenvalue weighted by atomic mass is 127. The third-order valence-corrected chi connectivity index (χ3v) is 2.91. The molecule has 0 radical (unpaired) electrons. The van der Waals surface area contributed by atoms with E-state index in [0.29, 0.717) is 0 Å². The number of nitrogens with zero attached hydrogens (tertiary/aromatic N) is 1. The van der Waals surface area contributed by atoms with Crippen LogP contribution in [-0.2, 0) is 0 Å². The molecule has 0 aliphatic carbocycles. The maximum Gasteiger partial charge on any atom is 0.356 e. The van der Waals surface area contributed by atoms with Gasteiger partial charge in [-0.05, 0) is 28.7 Å². The third kappa shape index (κ3) is 2.30. The summed E-state index contributed by atoms with van der Waals surface area (Å²) in [6, 6.07) is 1.06. The fourth-order valence-electron chi connectivity index (χ4n) is 0.770. The van der Waals surface area contributed by atoms with Gasteiger partial charge < -0.3 is 5.11 Å². The van der Waals surface area contributed by atoms with Crippen molar-refractivity contribution in [3.8, 4) is 0 Å². The van der Waals surface area contributed by atoms with Crippen molar-refractivity contribution in [2.45, 2.75) is 6.43 Å². The third-order valence-electron chi connectivity index (χ3n) is 1.36. The molecule has 0 amide bonds. The number of aromatic nitrogens is 1. The molecule has 0 fully saturated rings. The number of hydrogen-bond donors (Lipinski definition) is 1. The molecule has 1 rings (SSSR count). The molecule has 0 atom stereocenters. The van der Waals surface area contributed by atoms with Crippen LogP contribution in [0.4, 0.5) is 8.78 Å². The number of rotatable bonds is 2. The fourth-order valence-corrected chi connectivity index (χ4v) is 1.52. The van der Waals surface area contributed by atoms with Gasteiger partial charge in [0.15, 0.2) is 5.69 Å². The van der Waals surface area contributed by atoms with Gasteiger partial charge in [0.25, 0.3) is 6.43 Å². The summed E-state index contributed by atoms with van der Waals surface area (Å²) in [5.41, 5.74) is -1.13. The molecular formula is C7H3ClF2INO2. The highest BCUT2D eigenvalue weighted by Gasteiger charge is 2.19. The first-order valence-corrected chi connectivity index (χ1v) is 4.76. The highest BCUT2D eigenvalue weighted by molar-refractivity contribution is 14.1. The van der Waals surface area contributed by atoms with Crippen LogP contribution < -0.4 is 0 Å².